The second kappa shape index (κ2) is 7.82. The average Bonchev–Trinajstić information content (AvgIpc) is 2.70. The smallest absolute Gasteiger partial charge is 0.257 e. The summed E-state index contributed by atoms with van der Waals surface area (Å²) in [5, 5.41) is 4.37. The number of benzene rings is 1. The van der Waals surface area contributed by atoms with E-state index in [0.29, 0.717) is 17.1 Å². The van der Waals surface area contributed by atoms with Crippen molar-refractivity contribution in [3.63, 3.8) is 0 Å². The highest BCUT2D eigenvalue weighted by Crippen LogP contribution is 2.31. The van der Waals surface area contributed by atoms with Gasteiger partial charge in [-0.3, -0.25) is 4.79 Å². The number of pyridine rings is 2. The Morgan fingerprint density at radius 2 is 1.97 bits per heavy atom. The van der Waals surface area contributed by atoms with Crippen LogP contribution in [0.5, 0.6) is 0 Å². The summed E-state index contributed by atoms with van der Waals surface area (Å²) in [7, 11) is 0. The number of nitrogens with one attached hydrogen (secondary N) is 1. The predicted octanol–water partition coefficient (Wildman–Crippen LogP) is 5.17. The lowest BCUT2D eigenvalue weighted by atomic mass is 9.99. The second-order valence-corrected chi connectivity index (χ2v) is 8.29. The summed E-state index contributed by atoms with van der Waals surface area (Å²) in [6.45, 7) is 9.95. The minimum absolute atomic E-state index is 0.0397. The number of amides is 1. The molecule has 3 heterocycles. The minimum Gasteiger partial charge on any atom is -0.354 e. The molecular formula is C24H28N4O. The Hall–Kier alpha value is -2.95. The fraction of sp³-hybridized carbons (Fsp3) is 0.375. The number of anilines is 2. The fourth-order valence-corrected chi connectivity index (χ4v) is 3.98. The largest absolute Gasteiger partial charge is 0.354 e. The number of carbonyl (C=O) groups excluding carboxylic acids is 1. The number of rotatable bonds is 3. The Kier molecular flexibility index (Phi) is 5.22. The van der Waals surface area contributed by atoms with Gasteiger partial charge in [0.15, 0.2) is 5.65 Å². The van der Waals surface area contributed by atoms with Crippen molar-refractivity contribution >= 4 is 28.3 Å². The van der Waals surface area contributed by atoms with Crippen LogP contribution in [0, 0.1) is 26.7 Å². The number of aryl methyl sites for hydroxylation is 3. The Bertz CT molecular complexity index is 1080. The van der Waals surface area contributed by atoms with Crippen LogP contribution in [0.1, 0.15) is 46.9 Å². The van der Waals surface area contributed by atoms with Gasteiger partial charge < -0.3 is 10.2 Å². The molecule has 150 valence electrons. The van der Waals surface area contributed by atoms with E-state index in [-0.39, 0.29) is 5.91 Å². The van der Waals surface area contributed by atoms with Gasteiger partial charge in [0.1, 0.15) is 0 Å². The van der Waals surface area contributed by atoms with Crippen LogP contribution in [0.25, 0.3) is 11.0 Å². The van der Waals surface area contributed by atoms with Crippen LogP contribution in [-0.4, -0.2) is 33.9 Å². The fourth-order valence-electron chi connectivity index (χ4n) is 3.98. The normalized spacial score (nSPS) is 16.8. The molecule has 0 radical (unpaired) electrons. The standard InChI is InChI=1S/C24H28N4O/c1-15-6-5-11-28(14-15)24(29)21-13-25-23-20(10-8-18(4)26-23)22(21)27-19-9-7-16(2)17(3)12-19/h7-10,12-13,15H,5-6,11,14H2,1-4H3,(H,25,26,27)/t15-/m0/s1. The quantitative estimate of drug-likeness (QED) is 0.672. The van der Waals surface area contributed by atoms with E-state index in [1.807, 2.05) is 30.0 Å². The maximum atomic E-state index is 13.4. The van der Waals surface area contributed by atoms with Gasteiger partial charge in [-0.2, -0.15) is 0 Å². The first-order valence-electron chi connectivity index (χ1n) is 10.3. The van der Waals surface area contributed by atoms with Crippen LogP contribution in [-0.2, 0) is 0 Å². The molecule has 3 aromatic rings. The van der Waals surface area contributed by atoms with E-state index < -0.39 is 0 Å². The van der Waals surface area contributed by atoms with E-state index >= 15 is 0 Å². The van der Waals surface area contributed by atoms with Crippen LogP contribution in [0.2, 0.25) is 0 Å². The monoisotopic (exact) mass is 388 g/mol. The average molecular weight is 389 g/mol. The van der Waals surface area contributed by atoms with Crippen molar-refractivity contribution in [3.05, 3.63) is 58.9 Å². The zero-order chi connectivity index (χ0) is 20.5. The van der Waals surface area contributed by atoms with Crippen LogP contribution in [0.4, 0.5) is 11.4 Å². The molecule has 1 aromatic carbocycles. The molecule has 1 N–H and O–H groups in total. The Morgan fingerprint density at radius 3 is 2.72 bits per heavy atom. The van der Waals surface area contributed by atoms with Crippen molar-refractivity contribution < 1.29 is 4.79 Å². The summed E-state index contributed by atoms with van der Waals surface area (Å²) in [5.41, 5.74) is 6.36. The number of fused-ring (bicyclic) bond motifs is 1. The van der Waals surface area contributed by atoms with Crippen molar-refractivity contribution in [1.82, 2.24) is 14.9 Å². The number of nitrogens with zero attached hydrogens (tertiary/aromatic N) is 3. The molecule has 2 aromatic heterocycles. The Labute approximate surface area is 172 Å². The van der Waals surface area contributed by atoms with E-state index in [1.54, 1.807) is 6.20 Å². The van der Waals surface area contributed by atoms with Crippen LogP contribution in [0.15, 0.2) is 36.5 Å². The predicted molar refractivity (Wildman–Crippen MR) is 118 cm³/mol. The molecule has 1 atom stereocenters. The molecule has 0 spiro atoms. The molecule has 1 aliphatic rings. The molecular weight excluding hydrogens is 360 g/mol. The van der Waals surface area contributed by atoms with Crippen molar-refractivity contribution in [1.29, 1.82) is 0 Å². The van der Waals surface area contributed by atoms with E-state index in [2.05, 4.69) is 48.2 Å². The molecule has 0 bridgehead atoms. The number of hydrogen-bond donors (Lipinski definition) is 1. The lowest BCUT2D eigenvalue weighted by molar-refractivity contribution is 0.0684. The van der Waals surface area contributed by atoms with Crippen molar-refractivity contribution in [2.24, 2.45) is 5.92 Å². The van der Waals surface area contributed by atoms with Crippen molar-refractivity contribution in [2.75, 3.05) is 18.4 Å². The lowest BCUT2D eigenvalue weighted by Crippen LogP contribution is -2.39. The first-order chi connectivity index (χ1) is 13.9. The van der Waals surface area contributed by atoms with Crippen LogP contribution in [0.3, 0.4) is 0 Å². The molecule has 5 nitrogen and oxygen atoms in total. The molecule has 0 aliphatic carbocycles. The summed E-state index contributed by atoms with van der Waals surface area (Å²) in [6.07, 6.45) is 3.91. The molecule has 1 aliphatic heterocycles. The lowest BCUT2D eigenvalue weighted by Gasteiger charge is -2.31. The van der Waals surface area contributed by atoms with Gasteiger partial charge in [-0.1, -0.05) is 13.0 Å². The van der Waals surface area contributed by atoms with E-state index in [4.69, 9.17) is 0 Å². The third-order valence-corrected chi connectivity index (χ3v) is 5.82. The van der Waals surface area contributed by atoms with Gasteiger partial charge in [0, 0.05) is 36.1 Å². The first kappa shape index (κ1) is 19.4. The van der Waals surface area contributed by atoms with E-state index in [0.717, 1.165) is 42.0 Å². The number of likely N-dealkylation sites (tertiary alicyclic amines) is 1. The van der Waals surface area contributed by atoms with E-state index in [1.165, 1.54) is 17.5 Å². The summed E-state index contributed by atoms with van der Waals surface area (Å²) in [5.74, 6) is 0.569. The number of piperidine rings is 1. The second-order valence-electron chi connectivity index (χ2n) is 8.29. The van der Waals surface area contributed by atoms with Gasteiger partial charge >= 0.3 is 0 Å². The zero-order valence-electron chi connectivity index (χ0n) is 17.6. The highest BCUT2D eigenvalue weighted by molar-refractivity contribution is 6.07. The highest BCUT2D eigenvalue weighted by atomic mass is 16.2. The number of carbonyl (C=O) groups is 1. The molecule has 29 heavy (non-hydrogen) atoms. The molecule has 5 heteroatoms. The van der Waals surface area contributed by atoms with Crippen LogP contribution < -0.4 is 5.32 Å². The van der Waals surface area contributed by atoms with Gasteiger partial charge in [0.25, 0.3) is 5.91 Å². The van der Waals surface area contributed by atoms with Gasteiger partial charge in [-0.05, 0) is 74.9 Å². The first-order valence-corrected chi connectivity index (χ1v) is 10.3. The minimum atomic E-state index is 0.0397. The topological polar surface area (TPSA) is 58.1 Å². The van der Waals surface area contributed by atoms with Gasteiger partial charge in [0.2, 0.25) is 0 Å². The maximum Gasteiger partial charge on any atom is 0.257 e. The zero-order valence-corrected chi connectivity index (χ0v) is 17.6. The molecule has 4 rings (SSSR count). The summed E-state index contributed by atoms with van der Waals surface area (Å²) in [6, 6.07) is 10.2. The molecule has 0 unspecified atom stereocenters. The highest BCUT2D eigenvalue weighted by Gasteiger charge is 2.25. The molecule has 1 fully saturated rings. The molecule has 1 amide bonds. The summed E-state index contributed by atoms with van der Waals surface area (Å²) >= 11 is 0. The van der Waals surface area contributed by atoms with Crippen molar-refractivity contribution in [3.8, 4) is 0 Å². The van der Waals surface area contributed by atoms with Gasteiger partial charge in [-0.15, -0.1) is 0 Å². The third-order valence-electron chi connectivity index (χ3n) is 5.82. The SMILES string of the molecule is Cc1ccc2c(Nc3ccc(C)c(C)c3)c(C(=O)N3CCC[C@H](C)C3)cnc2n1. The summed E-state index contributed by atoms with van der Waals surface area (Å²) < 4.78 is 0. The maximum absolute atomic E-state index is 13.4. The Balaban J connectivity index is 1.80. The van der Waals surface area contributed by atoms with Crippen molar-refractivity contribution in [2.45, 2.75) is 40.5 Å². The number of aromatic nitrogens is 2. The van der Waals surface area contributed by atoms with Gasteiger partial charge in [0.05, 0.1) is 11.3 Å². The van der Waals surface area contributed by atoms with E-state index in [9.17, 15) is 4.79 Å². The van der Waals surface area contributed by atoms with Gasteiger partial charge in [-0.25, -0.2) is 9.97 Å². The Morgan fingerprint density at radius 1 is 1.14 bits per heavy atom. The third kappa shape index (κ3) is 3.95. The molecule has 0 saturated carbocycles. The summed E-state index contributed by atoms with van der Waals surface area (Å²) in [4.78, 5) is 24.4. The van der Waals surface area contributed by atoms with Crippen LogP contribution >= 0.6 is 0 Å². The molecule has 1 saturated heterocycles. The number of hydrogen-bond acceptors (Lipinski definition) is 4.